The van der Waals surface area contributed by atoms with E-state index >= 15 is 0 Å². The summed E-state index contributed by atoms with van der Waals surface area (Å²) in [7, 11) is 0. The standard InChI is InChI=1S/C27H30N2O6/c30-25(28-23-13-14-34-24(23)26(31)32)20-11-5-6-12-22(20)29-27(33)35-15-21-18-9-3-1-7-16(18)17-8-2-4-10-19(17)21/h1-4,7-10,20-24H,5-6,11-15H2,(H,28,30)(H,29,33)(H,31,32)/t20?,22?,23-,24+/m1/s1. The molecule has 1 heterocycles. The third kappa shape index (κ3) is 4.75. The minimum absolute atomic E-state index is 0.0334. The van der Waals surface area contributed by atoms with Crippen molar-refractivity contribution in [3.05, 3.63) is 59.7 Å². The van der Waals surface area contributed by atoms with Gasteiger partial charge in [-0.15, -0.1) is 0 Å². The van der Waals surface area contributed by atoms with E-state index in [1.165, 1.54) is 0 Å². The molecular formula is C27H30N2O6. The van der Waals surface area contributed by atoms with Crippen LogP contribution in [0.1, 0.15) is 49.1 Å². The van der Waals surface area contributed by atoms with Crippen LogP contribution in [0.3, 0.4) is 0 Å². The van der Waals surface area contributed by atoms with Gasteiger partial charge in [0.1, 0.15) is 6.61 Å². The Kier molecular flexibility index (Phi) is 6.72. The van der Waals surface area contributed by atoms with Crippen molar-refractivity contribution in [3.63, 3.8) is 0 Å². The van der Waals surface area contributed by atoms with Crippen molar-refractivity contribution in [1.82, 2.24) is 10.6 Å². The third-order valence-corrected chi connectivity index (χ3v) is 7.41. The topological polar surface area (TPSA) is 114 Å². The summed E-state index contributed by atoms with van der Waals surface area (Å²) in [6.45, 7) is 0.511. The molecule has 2 aromatic carbocycles. The molecule has 3 aliphatic rings. The summed E-state index contributed by atoms with van der Waals surface area (Å²) < 4.78 is 10.9. The maximum absolute atomic E-state index is 13.0. The average molecular weight is 479 g/mol. The van der Waals surface area contributed by atoms with E-state index in [9.17, 15) is 19.5 Å². The van der Waals surface area contributed by atoms with Crippen molar-refractivity contribution >= 4 is 18.0 Å². The summed E-state index contributed by atoms with van der Waals surface area (Å²) >= 11 is 0. The predicted octanol–water partition coefficient (Wildman–Crippen LogP) is 3.44. The third-order valence-electron chi connectivity index (χ3n) is 7.41. The smallest absolute Gasteiger partial charge is 0.407 e. The van der Waals surface area contributed by atoms with Crippen LogP contribution in [0.25, 0.3) is 11.1 Å². The van der Waals surface area contributed by atoms with Crippen molar-refractivity contribution in [3.8, 4) is 11.1 Å². The Balaban J connectivity index is 1.21. The van der Waals surface area contributed by atoms with Crippen LogP contribution in [0.5, 0.6) is 0 Å². The lowest BCUT2D eigenvalue weighted by Crippen LogP contribution is -2.52. The van der Waals surface area contributed by atoms with Gasteiger partial charge < -0.3 is 25.2 Å². The Hall–Kier alpha value is -3.39. The first-order valence-electron chi connectivity index (χ1n) is 12.3. The molecule has 0 bridgehead atoms. The second-order valence-corrected chi connectivity index (χ2v) is 9.50. The van der Waals surface area contributed by atoms with Crippen LogP contribution in [0, 0.1) is 5.92 Å². The lowest BCUT2D eigenvalue weighted by atomic mass is 9.83. The van der Waals surface area contributed by atoms with Crippen molar-refractivity contribution in [1.29, 1.82) is 0 Å². The molecule has 8 heteroatoms. The van der Waals surface area contributed by atoms with E-state index in [1.807, 2.05) is 24.3 Å². The normalized spacial score (nSPS) is 25.4. The summed E-state index contributed by atoms with van der Waals surface area (Å²) in [6, 6.07) is 15.4. The van der Waals surface area contributed by atoms with E-state index in [0.29, 0.717) is 25.9 Å². The Morgan fingerprint density at radius 2 is 1.54 bits per heavy atom. The number of ether oxygens (including phenoxy) is 2. The van der Waals surface area contributed by atoms with E-state index in [4.69, 9.17) is 9.47 Å². The molecule has 3 N–H and O–H groups in total. The van der Waals surface area contributed by atoms with Gasteiger partial charge in [-0.1, -0.05) is 61.4 Å². The molecule has 35 heavy (non-hydrogen) atoms. The van der Waals surface area contributed by atoms with Crippen LogP contribution < -0.4 is 10.6 Å². The second kappa shape index (κ2) is 10.1. The maximum atomic E-state index is 13.0. The van der Waals surface area contributed by atoms with Crippen LogP contribution in [-0.4, -0.2) is 54.5 Å². The minimum atomic E-state index is -1.08. The molecule has 2 unspecified atom stereocenters. The minimum Gasteiger partial charge on any atom is -0.479 e. The second-order valence-electron chi connectivity index (χ2n) is 9.50. The monoisotopic (exact) mass is 478 g/mol. The van der Waals surface area contributed by atoms with Crippen LogP contribution in [0.2, 0.25) is 0 Å². The first-order chi connectivity index (χ1) is 17.0. The summed E-state index contributed by atoms with van der Waals surface area (Å²) in [6.07, 6.45) is 1.98. The number of carboxylic acids is 1. The van der Waals surface area contributed by atoms with Gasteiger partial charge >= 0.3 is 12.1 Å². The number of aliphatic carboxylic acids is 1. The fourth-order valence-corrected chi connectivity index (χ4v) is 5.68. The number of carboxylic acid groups (broad SMARTS) is 1. The highest BCUT2D eigenvalue weighted by atomic mass is 16.5. The molecule has 8 nitrogen and oxygen atoms in total. The maximum Gasteiger partial charge on any atom is 0.407 e. The number of benzene rings is 2. The summed E-state index contributed by atoms with van der Waals surface area (Å²) in [5, 5.41) is 15.1. The van der Waals surface area contributed by atoms with Gasteiger partial charge in [0.2, 0.25) is 5.91 Å². The Morgan fingerprint density at radius 1 is 0.886 bits per heavy atom. The number of carbonyl (C=O) groups excluding carboxylic acids is 2. The summed E-state index contributed by atoms with van der Waals surface area (Å²) in [5.41, 5.74) is 4.61. The van der Waals surface area contributed by atoms with Crippen molar-refractivity contribution < 1.29 is 29.0 Å². The molecule has 0 spiro atoms. The lowest BCUT2D eigenvalue weighted by Gasteiger charge is -2.32. The molecule has 184 valence electrons. The molecule has 4 atom stereocenters. The quantitative estimate of drug-likeness (QED) is 0.586. The highest BCUT2D eigenvalue weighted by Gasteiger charge is 2.39. The molecule has 2 amide bonds. The largest absolute Gasteiger partial charge is 0.479 e. The Morgan fingerprint density at radius 3 is 2.23 bits per heavy atom. The molecule has 5 rings (SSSR count). The SMILES string of the molecule is O=C(NC1CCCCC1C(=O)N[C@@H]1CCO[C@@H]1C(=O)O)OCC1c2ccccc2-c2ccccc21. The first kappa shape index (κ1) is 23.4. The molecular weight excluding hydrogens is 448 g/mol. The zero-order valence-corrected chi connectivity index (χ0v) is 19.4. The van der Waals surface area contributed by atoms with Crippen molar-refractivity contribution in [2.45, 2.75) is 56.2 Å². The molecule has 0 radical (unpaired) electrons. The number of amides is 2. The Labute approximate surface area is 204 Å². The first-order valence-corrected chi connectivity index (χ1v) is 12.3. The van der Waals surface area contributed by atoms with Crippen LogP contribution in [0.15, 0.2) is 48.5 Å². The van der Waals surface area contributed by atoms with Crippen LogP contribution >= 0.6 is 0 Å². The van der Waals surface area contributed by atoms with E-state index < -0.39 is 30.1 Å². The summed E-state index contributed by atoms with van der Waals surface area (Å²) in [5.74, 6) is -1.78. The number of hydrogen-bond donors (Lipinski definition) is 3. The molecule has 0 aromatic heterocycles. The van der Waals surface area contributed by atoms with Gasteiger partial charge in [-0.05, 0) is 41.5 Å². The summed E-state index contributed by atoms with van der Waals surface area (Å²) in [4.78, 5) is 37.2. The lowest BCUT2D eigenvalue weighted by molar-refractivity contribution is -0.148. The van der Waals surface area contributed by atoms with Gasteiger partial charge in [-0.25, -0.2) is 9.59 Å². The molecule has 2 fully saturated rings. The van der Waals surface area contributed by atoms with Gasteiger partial charge in [-0.3, -0.25) is 4.79 Å². The average Bonchev–Trinajstić information content (AvgIpc) is 3.46. The van der Waals surface area contributed by atoms with Crippen molar-refractivity contribution in [2.24, 2.45) is 5.92 Å². The fourth-order valence-electron chi connectivity index (χ4n) is 5.68. The van der Waals surface area contributed by atoms with Gasteiger partial charge in [0.15, 0.2) is 6.10 Å². The molecule has 2 aromatic rings. The van der Waals surface area contributed by atoms with Crippen LogP contribution in [-0.2, 0) is 19.1 Å². The van der Waals surface area contributed by atoms with E-state index in [-0.39, 0.29) is 24.5 Å². The van der Waals surface area contributed by atoms with Crippen molar-refractivity contribution in [2.75, 3.05) is 13.2 Å². The number of carbonyl (C=O) groups is 3. The number of fused-ring (bicyclic) bond motifs is 3. The highest BCUT2D eigenvalue weighted by Crippen LogP contribution is 2.44. The van der Waals surface area contributed by atoms with E-state index in [0.717, 1.165) is 35.1 Å². The number of alkyl carbamates (subject to hydrolysis) is 1. The van der Waals surface area contributed by atoms with Crippen LogP contribution in [0.4, 0.5) is 4.79 Å². The molecule has 1 saturated heterocycles. The predicted molar refractivity (Wildman–Crippen MR) is 128 cm³/mol. The van der Waals surface area contributed by atoms with Gasteiger partial charge in [0.05, 0.1) is 12.0 Å². The molecule has 2 aliphatic carbocycles. The Bertz CT molecular complexity index is 1070. The van der Waals surface area contributed by atoms with E-state index in [1.54, 1.807) is 0 Å². The zero-order valence-electron chi connectivity index (χ0n) is 19.4. The van der Waals surface area contributed by atoms with Gasteiger partial charge in [-0.2, -0.15) is 0 Å². The van der Waals surface area contributed by atoms with E-state index in [2.05, 4.69) is 34.9 Å². The van der Waals surface area contributed by atoms with Gasteiger partial charge in [0.25, 0.3) is 0 Å². The molecule has 1 aliphatic heterocycles. The number of hydrogen-bond acceptors (Lipinski definition) is 5. The molecule has 1 saturated carbocycles. The fraction of sp³-hybridized carbons (Fsp3) is 0.444. The number of rotatable bonds is 6. The number of nitrogens with one attached hydrogen (secondary N) is 2. The zero-order chi connectivity index (χ0) is 24.4. The van der Waals surface area contributed by atoms with Gasteiger partial charge in [0, 0.05) is 18.6 Å². The highest BCUT2D eigenvalue weighted by molar-refractivity contribution is 5.83.